The van der Waals surface area contributed by atoms with Crippen LogP contribution in [0.4, 0.5) is 4.79 Å². The van der Waals surface area contributed by atoms with Gasteiger partial charge in [-0.3, -0.25) is 4.79 Å². The van der Waals surface area contributed by atoms with Crippen LogP contribution in [0.3, 0.4) is 0 Å². The van der Waals surface area contributed by atoms with Gasteiger partial charge in [-0.25, -0.2) is 9.59 Å². The average molecular weight is 483 g/mol. The van der Waals surface area contributed by atoms with E-state index >= 15 is 0 Å². The molecule has 0 spiro atoms. The van der Waals surface area contributed by atoms with Gasteiger partial charge in [0, 0.05) is 19.6 Å². The Morgan fingerprint density at radius 2 is 1.69 bits per heavy atom. The lowest BCUT2D eigenvalue weighted by Gasteiger charge is -2.26. The Kier molecular flexibility index (Phi) is 7.37. The highest BCUT2D eigenvalue weighted by Gasteiger charge is 2.39. The smallest absolute Gasteiger partial charge is 0.407 e. The summed E-state index contributed by atoms with van der Waals surface area (Å²) in [4.78, 5) is 36.4. The molecule has 2 aromatic rings. The molecule has 9 heteroatoms. The number of alkyl carbamates (subject to hydrolysis) is 1. The van der Waals surface area contributed by atoms with Gasteiger partial charge in [0.15, 0.2) is 5.54 Å². The third-order valence-electron chi connectivity index (χ3n) is 6.52. The van der Waals surface area contributed by atoms with E-state index < -0.39 is 29.6 Å². The lowest BCUT2D eigenvalue weighted by Crippen LogP contribution is -2.57. The summed E-state index contributed by atoms with van der Waals surface area (Å²) in [7, 11) is 1.37. The zero-order valence-corrected chi connectivity index (χ0v) is 19.8. The molecule has 0 bridgehead atoms. The molecule has 35 heavy (non-hydrogen) atoms. The van der Waals surface area contributed by atoms with Crippen molar-refractivity contribution in [3.8, 4) is 11.1 Å². The number of aliphatic carboxylic acids is 1. The normalized spacial score (nSPS) is 20.4. The van der Waals surface area contributed by atoms with Gasteiger partial charge in [-0.2, -0.15) is 0 Å². The van der Waals surface area contributed by atoms with Gasteiger partial charge in [0.05, 0.1) is 12.7 Å². The van der Waals surface area contributed by atoms with Crippen molar-refractivity contribution in [2.24, 2.45) is 0 Å². The summed E-state index contributed by atoms with van der Waals surface area (Å²) in [5, 5.41) is 14.6. The van der Waals surface area contributed by atoms with Crippen molar-refractivity contribution in [2.45, 2.75) is 43.4 Å². The predicted molar refractivity (Wildman–Crippen MR) is 127 cm³/mol. The molecule has 1 fully saturated rings. The molecule has 0 radical (unpaired) electrons. The monoisotopic (exact) mass is 482 g/mol. The molecule has 0 saturated carbocycles. The topological polar surface area (TPSA) is 123 Å². The molecule has 3 N–H and O–H groups in total. The van der Waals surface area contributed by atoms with Crippen molar-refractivity contribution in [3.05, 3.63) is 59.7 Å². The van der Waals surface area contributed by atoms with Gasteiger partial charge in [0.25, 0.3) is 0 Å². The number of fused-ring (bicyclic) bond motifs is 3. The highest BCUT2D eigenvalue weighted by molar-refractivity contribution is 5.89. The second-order valence-corrected chi connectivity index (χ2v) is 9.09. The first-order chi connectivity index (χ1) is 16.8. The number of ether oxygens (including phenoxy) is 3. The van der Waals surface area contributed by atoms with Crippen molar-refractivity contribution < 1.29 is 33.7 Å². The standard InChI is InChI=1S/C26H30N2O7/c1-26(15-33-2,24(30)31)28-23(29)22-12-11-16(35-22)13-27-25(32)34-14-21-19-9-5-3-7-17(19)18-8-4-6-10-20(18)21/h3-10,16,21-22H,11-15H2,1-2H3,(H,27,32)(H,28,29)(H,30,31). The molecular weight excluding hydrogens is 452 g/mol. The van der Waals surface area contributed by atoms with Gasteiger partial charge in [-0.05, 0) is 42.0 Å². The third-order valence-corrected chi connectivity index (χ3v) is 6.52. The molecule has 3 unspecified atom stereocenters. The van der Waals surface area contributed by atoms with Gasteiger partial charge in [0.1, 0.15) is 12.7 Å². The fraction of sp³-hybridized carbons (Fsp3) is 0.423. The maximum atomic E-state index is 12.5. The first-order valence-electron chi connectivity index (χ1n) is 11.6. The quantitative estimate of drug-likeness (QED) is 0.502. The summed E-state index contributed by atoms with van der Waals surface area (Å²) in [5.74, 6) is -1.74. The van der Waals surface area contributed by atoms with Crippen molar-refractivity contribution in [1.29, 1.82) is 0 Å². The molecule has 0 aromatic heterocycles. The van der Waals surface area contributed by atoms with E-state index in [1.54, 1.807) is 0 Å². The molecule has 1 aliphatic carbocycles. The summed E-state index contributed by atoms with van der Waals surface area (Å²) >= 11 is 0. The molecule has 2 amide bonds. The van der Waals surface area contributed by atoms with E-state index in [1.807, 2.05) is 24.3 Å². The van der Waals surface area contributed by atoms with E-state index in [0.717, 1.165) is 22.3 Å². The SMILES string of the molecule is COCC(C)(NC(=O)C1CCC(CNC(=O)OCC2c3ccccc3-c3ccccc32)O1)C(=O)O. The number of hydrogen-bond acceptors (Lipinski definition) is 6. The first kappa shape index (κ1) is 24.7. The number of carbonyl (C=O) groups is 3. The Balaban J connectivity index is 1.25. The molecule has 9 nitrogen and oxygen atoms in total. The number of hydrogen-bond donors (Lipinski definition) is 3. The maximum Gasteiger partial charge on any atom is 0.407 e. The zero-order chi connectivity index (χ0) is 25.0. The molecule has 2 aliphatic rings. The third kappa shape index (κ3) is 5.31. The van der Waals surface area contributed by atoms with Crippen molar-refractivity contribution in [3.63, 3.8) is 0 Å². The van der Waals surface area contributed by atoms with Crippen molar-refractivity contribution in [2.75, 3.05) is 26.9 Å². The lowest BCUT2D eigenvalue weighted by atomic mass is 9.98. The fourth-order valence-corrected chi connectivity index (χ4v) is 4.69. The molecule has 186 valence electrons. The van der Waals surface area contributed by atoms with Crippen molar-refractivity contribution in [1.82, 2.24) is 10.6 Å². The summed E-state index contributed by atoms with van der Waals surface area (Å²) < 4.78 is 16.2. The summed E-state index contributed by atoms with van der Waals surface area (Å²) in [6.07, 6.45) is -0.743. The van der Waals surface area contributed by atoms with Gasteiger partial charge >= 0.3 is 12.1 Å². The molecule has 4 rings (SSSR count). The van der Waals surface area contributed by atoms with Crippen LogP contribution in [0.15, 0.2) is 48.5 Å². The number of carboxylic acid groups (broad SMARTS) is 1. The lowest BCUT2D eigenvalue weighted by molar-refractivity contribution is -0.151. The molecule has 1 aliphatic heterocycles. The number of rotatable bonds is 9. The van der Waals surface area contributed by atoms with Crippen LogP contribution in [0.5, 0.6) is 0 Å². The van der Waals surface area contributed by atoms with E-state index in [1.165, 1.54) is 14.0 Å². The number of carbonyl (C=O) groups excluding carboxylic acids is 2. The Morgan fingerprint density at radius 3 is 2.29 bits per heavy atom. The molecule has 1 saturated heterocycles. The molecule has 3 atom stereocenters. The highest BCUT2D eigenvalue weighted by atomic mass is 16.6. The predicted octanol–water partition coefficient (Wildman–Crippen LogP) is 2.68. The number of nitrogens with one attached hydrogen (secondary N) is 2. The van der Waals surface area contributed by atoms with Crippen LogP contribution in [0.1, 0.15) is 36.8 Å². The van der Waals surface area contributed by atoms with E-state index in [9.17, 15) is 19.5 Å². The highest BCUT2D eigenvalue weighted by Crippen LogP contribution is 2.44. The fourth-order valence-electron chi connectivity index (χ4n) is 4.69. The van der Waals surface area contributed by atoms with Gasteiger partial charge < -0.3 is 30.0 Å². The van der Waals surface area contributed by atoms with Crippen LogP contribution in [0.2, 0.25) is 0 Å². The van der Waals surface area contributed by atoms with Crippen LogP contribution < -0.4 is 10.6 Å². The Hall–Kier alpha value is -3.43. The van der Waals surface area contributed by atoms with Gasteiger partial charge in [-0.15, -0.1) is 0 Å². The van der Waals surface area contributed by atoms with Crippen LogP contribution in [0, 0.1) is 0 Å². The van der Waals surface area contributed by atoms with Gasteiger partial charge in [0.2, 0.25) is 5.91 Å². The zero-order valence-electron chi connectivity index (χ0n) is 19.8. The number of benzene rings is 2. The van der Waals surface area contributed by atoms with Crippen LogP contribution in [0.25, 0.3) is 11.1 Å². The van der Waals surface area contributed by atoms with Gasteiger partial charge in [-0.1, -0.05) is 48.5 Å². The van der Waals surface area contributed by atoms with Crippen LogP contribution in [-0.4, -0.2) is 67.7 Å². The van der Waals surface area contributed by atoms with Crippen LogP contribution >= 0.6 is 0 Å². The minimum atomic E-state index is -1.55. The second kappa shape index (κ2) is 10.5. The van der Waals surface area contributed by atoms with E-state index in [2.05, 4.69) is 34.9 Å². The van der Waals surface area contributed by atoms with E-state index in [-0.39, 0.29) is 31.8 Å². The molecule has 1 heterocycles. The minimum absolute atomic E-state index is 0.0281. The van der Waals surface area contributed by atoms with E-state index in [4.69, 9.17) is 14.2 Å². The second-order valence-electron chi connectivity index (χ2n) is 9.09. The Labute approximate surface area is 203 Å². The average Bonchev–Trinajstić information content (AvgIpc) is 3.45. The Morgan fingerprint density at radius 1 is 1.06 bits per heavy atom. The maximum absolute atomic E-state index is 12.5. The van der Waals surface area contributed by atoms with Crippen LogP contribution in [-0.2, 0) is 23.8 Å². The minimum Gasteiger partial charge on any atom is -0.479 e. The number of methoxy groups -OCH3 is 1. The van der Waals surface area contributed by atoms with E-state index in [0.29, 0.717) is 12.8 Å². The molecular formula is C26H30N2O7. The summed E-state index contributed by atoms with van der Waals surface area (Å²) in [6.45, 7) is 1.60. The summed E-state index contributed by atoms with van der Waals surface area (Å²) in [6, 6.07) is 16.2. The van der Waals surface area contributed by atoms with Crippen molar-refractivity contribution >= 4 is 18.0 Å². The Bertz CT molecular complexity index is 1060. The molecule has 2 aromatic carbocycles. The number of amides is 2. The summed E-state index contributed by atoms with van der Waals surface area (Å²) in [5.41, 5.74) is 3.04. The largest absolute Gasteiger partial charge is 0.479 e. The number of carboxylic acids is 1. The first-order valence-corrected chi connectivity index (χ1v) is 11.6.